The molecule has 1 amide bonds. The molecule has 162 valence electrons. The Bertz CT molecular complexity index is 855. The standard InChI is InChI=1S/C22H30FN5O2/c1-14(2)13-26-22(28-21(29)16-5-4-6-18(11-16)30-3)27-20(25)12-19(24)15-7-9-17(23)10-8-15/h4-11,14,19-20H,12-13,24-25H2,1-3H3,(H2,26,27,28,29). The highest BCUT2D eigenvalue weighted by Crippen LogP contribution is 2.15. The molecule has 0 bridgehead atoms. The lowest BCUT2D eigenvalue weighted by Crippen LogP contribution is -2.50. The Morgan fingerprint density at radius 2 is 1.87 bits per heavy atom. The van der Waals surface area contributed by atoms with Gasteiger partial charge in [-0.1, -0.05) is 32.0 Å². The monoisotopic (exact) mass is 415 g/mol. The van der Waals surface area contributed by atoms with Gasteiger partial charge in [0.05, 0.1) is 13.3 Å². The van der Waals surface area contributed by atoms with Gasteiger partial charge in [-0.2, -0.15) is 0 Å². The van der Waals surface area contributed by atoms with E-state index in [0.29, 0.717) is 30.2 Å². The molecule has 2 aromatic carbocycles. The predicted molar refractivity (Wildman–Crippen MR) is 117 cm³/mol. The molecule has 0 heterocycles. The van der Waals surface area contributed by atoms with Crippen molar-refractivity contribution in [2.75, 3.05) is 13.7 Å². The van der Waals surface area contributed by atoms with E-state index in [2.05, 4.69) is 15.6 Å². The number of rotatable bonds is 8. The van der Waals surface area contributed by atoms with Gasteiger partial charge >= 0.3 is 0 Å². The minimum absolute atomic E-state index is 0.273. The Labute approximate surface area is 176 Å². The van der Waals surface area contributed by atoms with Crippen molar-refractivity contribution in [2.24, 2.45) is 22.4 Å². The van der Waals surface area contributed by atoms with Crippen molar-refractivity contribution in [1.82, 2.24) is 10.6 Å². The molecule has 0 aliphatic carbocycles. The van der Waals surface area contributed by atoms with Crippen LogP contribution in [0, 0.1) is 11.7 Å². The molecule has 2 rings (SSSR count). The van der Waals surface area contributed by atoms with Crippen LogP contribution < -0.4 is 26.8 Å². The average Bonchev–Trinajstić information content (AvgIpc) is 2.72. The molecule has 0 aromatic heterocycles. The summed E-state index contributed by atoms with van der Waals surface area (Å²) in [6, 6.07) is 12.4. The van der Waals surface area contributed by atoms with Crippen molar-refractivity contribution < 1.29 is 13.9 Å². The Morgan fingerprint density at radius 3 is 2.50 bits per heavy atom. The Balaban J connectivity index is 2.05. The number of amides is 1. The van der Waals surface area contributed by atoms with E-state index in [1.54, 1.807) is 36.4 Å². The molecule has 8 heteroatoms. The number of carbonyl (C=O) groups is 1. The van der Waals surface area contributed by atoms with E-state index in [9.17, 15) is 9.18 Å². The minimum Gasteiger partial charge on any atom is -0.497 e. The summed E-state index contributed by atoms with van der Waals surface area (Å²) in [5.41, 5.74) is 13.6. The van der Waals surface area contributed by atoms with Crippen LogP contribution in [0.2, 0.25) is 0 Å². The molecule has 2 unspecified atom stereocenters. The average molecular weight is 416 g/mol. The highest BCUT2D eigenvalue weighted by molar-refractivity contribution is 6.05. The van der Waals surface area contributed by atoms with Crippen molar-refractivity contribution in [1.29, 1.82) is 0 Å². The lowest BCUT2D eigenvalue weighted by Gasteiger charge is -2.21. The molecule has 0 fully saturated rings. The molecule has 6 N–H and O–H groups in total. The van der Waals surface area contributed by atoms with E-state index in [-0.39, 0.29) is 17.7 Å². The van der Waals surface area contributed by atoms with E-state index >= 15 is 0 Å². The number of methoxy groups -OCH3 is 1. The van der Waals surface area contributed by atoms with Gasteiger partial charge in [0.2, 0.25) is 0 Å². The zero-order valence-corrected chi connectivity index (χ0v) is 17.6. The quantitative estimate of drug-likeness (QED) is 0.300. The number of nitrogens with one attached hydrogen (secondary N) is 2. The molecule has 0 aliphatic rings. The van der Waals surface area contributed by atoms with E-state index < -0.39 is 12.2 Å². The summed E-state index contributed by atoms with van der Waals surface area (Å²) in [4.78, 5) is 17.1. The number of hydrogen-bond acceptors (Lipinski definition) is 5. The van der Waals surface area contributed by atoms with Crippen LogP contribution in [0.5, 0.6) is 5.75 Å². The van der Waals surface area contributed by atoms with Crippen LogP contribution in [0.3, 0.4) is 0 Å². The Hall–Kier alpha value is -2.97. The third-order valence-corrected chi connectivity index (χ3v) is 4.31. The van der Waals surface area contributed by atoms with Gasteiger partial charge in [-0.15, -0.1) is 0 Å². The van der Waals surface area contributed by atoms with Crippen LogP contribution in [0.25, 0.3) is 0 Å². The Kier molecular flexibility index (Phi) is 8.76. The number of halogens is 1. The number of hydrogen-bond donors (Lipinski definition) is 4. The number of benzene rings is 2. The van der Waals surface area contributed by atoms with Crippen molar-refractivity contribution in [2.45, 2.75) is 32.5 Å². The normalized spacial score (nSPS) is 13.6. The van der Waals surface area contributed by atoms with E-state index in [1.807, 2.05) is 13.8 Å². The smallest absolute Gasteiger partial charge is 0.258 e. The maximum atomic E-state index is 13.1. The maximum Gasteiger partial charge on any atom is 0.258 e. The van der Waals surface area contributed by atoms with Crippen LogP contribution in [-0.2, 0) is 0 Å². The molecule has 0 saturated carbocycles. The summed E-state index contributed by atoms with van der Waals surface area (Å²) in [6.07, 6.45) is -0.206. The fourth-order valence-corrected chi connectivity index (χ4v) is 2.69. The topological polar surface area (TPSA) is 115 Å². The van der Waals surface area contributed by atoms with Gasteiger partial charge < -0.3 is 21.5 Å². The molecule has 7 nitrogen and oxygen atoms in total. The molecule has 2 atom stereocenters. The molecule has 0 spiro atoms. The predicted octanol–water partition coefficient (Wildman–Crippen LogP) is 2.54. The van der Waals surface area contributed by atoms with Gasteiger partial charge in [0.1, 0.15) is 11.6 Å². The van der Waals surface area contributed by atoms with Gasteiger partial charge in [0, 0.05) is 18.2 Å². The summed E-state index contributed by atoms with van der Waals surface area (Å²) < 4.78 is 18.3. The fourth-order valence-electron chi connectivity index (χ4n) is 2.69. The molecule has 0 saturated heterocycles. The minimum atomic E-state index is -0.568. The van der Waals surface area contributed by atoms with E-state index in [4.69, 9.17) is 16.2 Å². The van der Waals surface area contributed by atoms with Crippen LogP contribution >= 0.6 is 0 Å². The largest absolute Gasteiger partial charge is 0.497 e. The zero-order valence-electron chi connectivity index (χ0n) is 17.6. The lowest BCUT2D eigenvalue weighted by molar-refractivity contribution is 0.0975. The molecule has 2 aromatic rings. The molecule has 30 heavy (non-hydrogen) atoms. The second kappa shape index (κ2) is 11.3. The fraction of sp³-hybridized carbons (Fsp3) is 0.364. The lowest BCUT2D eigenvalue weighted by atomic mass is 10.0. The van der Waals surface area contributed by atoms with Crippen molar-refractivity contribution in [3.8, 4) is 5.75 Å². The number of nitrogens with two attached hydrogens (primary N) is 2. The van der Waals surface area contributed by atoms with Crippen LogP contribution in [0.15, 0.2) is 53.5 Å². The molecular formula is C22H30FN5O2. The number of carbonyl (C=O) groups excluding carboxylic acids is 1. The van der Waals surface area contributed by atoms with Gasteiger partial charge in [-0.25, -0.2) is 4.39 Å². The van der Waals surface area contributed by atoms with Gasteiger partial charge in [0.25, 0.3) is 5.91 Å². The Morgan fingerprint density at radius 1 is 1.17 bits per heavy atom. The third kappa shape index (κ3) is 7.46. The van der Waals surface area contributed by atoms with Crippen LogP contribution in [0.4, 0.5) is 4.39 Å². The van der Waals surface area contributed by atoms with E-state index in [0.717, 1.165) is 5.56 Å². The first-order valence-electron chi connectivity index (χ1n) is 9.81. The number of nitrogens with zero attached hydrogens (tertiary/aromatic N) is 1. The highest BCUT2D eigenvalue weighted by Gasteiger charge is 2.16. The summed E-state index contributed by atoms with van der Waals surface area (Å²) in [6.45, 7) is 4.56. The van der Waals surface area contributed by atoms with Crippen molar-refractivity contribution in [3.63, 3.8) is 0 Å². The highest BCUT2D eigenvalue weighted by atomic mass is 19.1. The van der Waals surface area contributed by atoms with Gasteiger partial charge in [-0.05, 0) is 48.2 Å². The maximum absolute atomic E-state index is 13.1. The number of guanidine groups is 1. The molecule has 0 radical (unpaired) electrons. The summed E-state index contributed by atoms with van der Waals surface area (Å²) in [7, 11) is 1.54. The van der Waals surface area contributed by atoms with Gasteiger partial charge in [-0.3, -0.25) is 15.1 Å². The molecule has 0 aliphatic heterocycles. The summed E-state index contributed by atoms with van der Waals surface area (Å²) in [5.74, 6) is 0.498. The first-order chi connectivity index (χ1) is 14.3. The number of ether oxygens (including phenoxy) is 1. The molecular weight excluding hydrogens is 385 g/mol. The van der Waals surface area contributed by atoms with Crippen LogP contribution in [-0.4, -0.2) is 31.7 Å². The van der Waals surface area contributed by atoms with Crippen molar-refractivity contribution >= 4 is 11.9 Å². The number of aliphatic imine (C=N–C) groups is 1. The first kappa shape index (κ1) is 23.3. The summed E-state index contributed by atoms with van der Waals surface area (Å²) in [5, 5.41) is 5.79. The second-order valence-electron chi connectivity index (χ2n) is 7.41. The SMILES string of the molecule is COc1cccc(C(=O)NC(=NCC(C)C)NC(N)CC(N)c2ccc(F)cc2)c1. The van der Waals surface area contributed by atoms with Crippen molar-refractivity contribution in [3.05, 3.63) is 65.5 Å². The second-order valence-corrected chi connectivity index (χ2v) is 7.41. The summed E-state index contributed by atoms with van der Waals surface area (Å²) >= 11 is 0. The van der Waals surface area contributed by atoms with Crippen LogP contribution in [0.1, 0.15) is 42.2 Å². The third-order valence-electron chi connectivity index (χ3n) is 4.31. The zero-order chi connectivity index (χ0) is 22.1. The van der Waals surface area contributed by atoms with E-state index in [1.165, 1.54) is 19.2 Å². The first-order valence-corrected chi connectivity index (χ1v) is 9.81. The van der Waals surface area contributed by atoms with Gasteiger partial charge in [0.15, 0.2) is 5.96 Å².